The Bertz CT molecular complexity index is 505. The number of carbonyl (C=O) groups excluding carboxylic acids is 2. The molecule has 0 radical (unpaired) electrons. The van der Waals surface area contributed by atoms with Gasteiger partial charge < -0.3 is 9.53 Å². The van der Waals surface area contributed by atoms with E-state index in [4.69, 9.17) is 4.74 Å². The van der Waals surface area contributed by atoms with Crippen LogP contribution in [0.5, 0.6) is 0 Å². The number of ether oxygens (including phenoxy) is 1. The van der Waals surface area contributed by atoms with E-state index in [1.54, 1.807) is 6.92 Å². The number of carbonyl (C=O) groups is 2. The van der Waals surface area contributed by atoms with Crippen molar-refractivity contribution in [2.45, 2.75) is 84.2 Å². The molecular formula is C19H28O3. The van der Waals surface area contributed by atoms with Crippen LogP contribution in [0.4, 0.5) is 0 Å². The Morgan fingerprint density at radius 3 is 2.82 bits per heavy atom. The second-order valence-corrected chi connectivity index (χ2v) is 7.35. The van der Waals surface area contributed by atoms with E-state index in [0.29, 0.717) is 18.1 Å². The summed E-state index contributed by atoms with van der Waals surface area (Å²) in [5, 5.41) is 0. The van der Waals surface area contributed by atoms with E-state index in [1.807, 2.05) is 0 Å². The number of fused-ring (bicyclic) bond motifs is 2. The number of hydrogen-bond donors (Lipinski definition) is 0. The van der Waals surface area contributed by atoms with Crippen LogP contribution in [0.15, 0.2) is 11.3 Å². The summed E-state index contributed by atoms with van der Waals surface area (Å²) in [6.07, 6.45) is 9.71. The third-order valence-electron chi connectivity index (χ3n) is 6.19. The lowest BCUT2D eigenvalue weighted by Crippen LogP contribution is -2.38. The second kappa shape index (κ2) is 6.17. The van der Waals surface area contributed by atoms with Crippen LogP contribution in [-0.2, 0) is 14.3 Å². The second-order valence-electron chi connectivity index (χ2n) is 7.35. The summed E-state index contributed by atoms with van der Waals surface area (Å²) in [5.74, 6) is 2.41. The summed E-state index contributed by atoms with van der Waals surface area (Å²) >= 11 is 0. The van der Waals surface area contributed by atoms with E-state index in [0.717, 1.165) is 57.8 Å². The lowest BCUT2D eigenvalue weighted by Gasteiger charge is -2.43. The Morgan fingerprint density at radius 2 is 2.09 bits per heavy atom. The summed E-state index contributed by atoms with van der Waals surface area (Å²) in [4.78, 5) is 23.5. The predicted octanol–water partition coefficient (Wildman–Crippen LogP) is 4.35. The van der Waals surface area contributed by atoms with Crippen LogP contribution in [-0.4, -0.2) is 17.7 Å². The number of allylic oxidation sites excluding steroid dienone is 2. The molecule has 0 aromatic heterocycles. The topological polar surface area (TPSA) is 43.4 Å². The third-order valence-corrected chi connectivity index (χ3v) is 6.19. The highest BCUT2D eigenvalue weighted by Crippen LogP contribution is 2.56. The van der Waals surface area contributed by atoms with Crippen LogP contribution in [0, 0.1) is 11.3 Å². The van der Waals surface area contributed by atoms with Gasteiger partial charge in [0.2, 0.25) is 0 Å². The molecule has 0 bridgehead atoms. The first-order chi connectivity index (χ1) is 10.6. The summed E-state index contributed by atoms with van der Waals surface area (Å²) in [5.41, 5.74) is 1.39. The quantitative estimate of drug-likeness (QED) is 0.758. The molecule has 3 aliphatic rings. The van der Waals surface area contributed by atoms with Crippen molar-refractivity contribution in [3.63, 3.8) is 0 Å². The predicted molar refractivity (Wildman–Crippen MR) is 85.4 cm³/mol. The van der Waals surface area contributed by atoms with Crippen LogP contribution >= 0.6 is 0 Å². The van der Waals surface area contributed by atoms with Crippen molar-refractivity contribution in [3.05, 3.63) is 11.3 Å². The van der Waals surface area contributed by atoms with E-state index in [1.165, 1.54) is 11.3 Å². The van der Waals surface area contributed by atoms with Crippen LogP contribution < -0.4 is 0 Å². The minimum absolute atomic E-state index is 0.0658. The maximum Gasteiger partial charge on any atom is 0.139 e. The first-order valence-corrected chi connectivity index (χ1v) is 8.98. The zero-order chi connectivity index (χ0) is 15.7. The van der Waals surface area contributed by atoms with Gasteiger partial charge in [0.05, 0.1) is 11.9 Å². The molecule has 2 unspecified atom stereocenters. The van der Waals surface area contributed by atoms with Crippen molar-refractivity contribution >= 4 is 11.6 Å². The molecule has 3 nitrogen and oxygen atoms in total. The van der Waals surface area contributed by atoms with Gasteiger partial charge in [0, 0.05) is 24.7 Å². The van der Waals surface area contributed by atoms with E-state index in [9.17, 15) is 9.59 Å². The molecule has 0 spiro atoms. The molecule has 3 heteroatoms. The van der Waals surface area contributed by atoms with Gasteiger partial charge >= 0.3 is 0 Å². The first kappa shape index (κ1) is 15.8. The van der Waals surface area contributed by atoms with Crippen molar-refractivity contribution in [2.75, 3.05) is 0 Å². The molecule has 3 rings (SSSR count). The van der Waals surface area contributed by atoms with Crippen LogP contribution in [0.3, 0.4) is 0 Å². The molecule has 3 atom stereocenters. The molecule has 0 aromatic rings. The fourth-order valence-electron chi connectivity index (χ4n) is 4.94. The number of Topliss-reactive ketones (excluding diaryl/α,β-unsaturated/α-hetero) is 2. The van der Waals surface area contributed by atoms with E-state index < -0.39 is 0 Å². The van der Waals surface area contributed by atoms with Gasteiger partial charge in [-0.1, -0.05) is 6.92 Å². The fourth-order valence-corrected chi connectivity index (χ4v) is 4.94. The average molecular weight is 304 g/mol. The maximum atomic E-state index is 12.4. The zero-order valence-corrected chi connectivity index (χ0v) is 14.0. The van der Waals surface area contributed by atoms with E-state index in [-0.39, 0.29) is 17.3 Å². The highest BCUT2D eigenvalue weighted by molar-refractivity contribution is 5.88. The monoisotopic (exact) mass is 304 g/mol. The van der Waals surface area contributed by atoms with Crippen LogP contribution in [0.1, 0.15) is 78.1 Å². The van der Waals surface area contributed by atoms with Gasteiger partial charge in [-0.3, -0.25) is 4.79 Å². The van der Waals surface area contributed by atoms with Gasteiger partial charge in [-0.05, 0) is 63.4 Å². The van der Waals surface area contributed by atoms with Crippen LogP contribution in [0.2, 0.25) is 0 Å². The van der Waals surface area contributed by atoms with Crippen molar-refractivity contribution in [1.29, 1.82) is 0 Å². The lowest BCUT2D eigenvalue weighted by atomic mass is 9.64. The molecule has 122 valence electrons. The maximum absolute atomic E-state index is 12.4. The van der Waals surface area contributed by atoms with Gasteiger partial charge in [0.15, 0.2) is 0 Å². The molecule has 1 heterocycles. The summed E-state index contributed by atoms with van der Waals surface area (Å²) in [6, 6.07) is 0. The molecule has 1 aliphatic heterocycles. The third kappa shape index (κ3) is 2.63. The standard InChI is InChI=1S/C19H28O3/c1-3-19-12-11-17-15(16(19)9-10-18(19)21)8-7-14(22-17)6-4-5-13(2)20/h14,16H,3-12H2,1-2H3/t14?,16?,19-/m1/s1. The summed E-state index contributed by atoms with van der Waals surface area (Å²) < 4.78 is 6.26. The molecule has 0 aromatic carbocycles. The Kier molecular flexibility index (Phi) is 4.42. The molecule has 2 aliphatic carbocycles. The lowest BCUT2D eigenvalue weighted by molar-refractivity contribution is -0.128. The Balaban J connectivity index is 1.68. The van der Waals surface area contributed by atoms with Crippen molar-refractivity contribution < 1.29 is 14.3 Å². The SMILES string of the molecule is CC[C@@]12CCC3=C(CCC(CCCC(C)=O)O3)C1CCC2=O. The summed E-state index contributed by atoms with van der Waals surface area (Å²) in [6.45, 7) is 3.83. The average Bonchev–Trinajstić information content (AvgIpc) is 2.84. The Morgan fingerprint density at radius 1 is 1.27 bits per heavy atom. The molecular weight excluding hydrogens is 276 g/mol. The number of hydrogen-bond acceptors (Lipinski definition) is 3. The normalized spacial score (nSPS) is 34.2. The highest BCUT2D eigenvalue weighted by Gasteiger charge is 2.52. The van der Waals surface area contributed by atoms with Gasteiger partial charge in [-0.2, -0.15) is 0 Å². The van der Waals surface area contributed by atoms with E-state index >= 15 is 0 Å². The number of ketones is 2. The Hall–Kier alpha value is -1.12. The molecule has 22 heavy (non-hydrogen) atoms. The van der Waals surface area contributed by atoms with Gasteiger partial charge in [-0.15, -0.1) is 0 Å². The molecule has 0 amide bonds. The zero-order valence-electron chi connectivity index (χ0n) is 14.0. The minimum atomic E-state index is -0.0658. The Labute approximate surface area is 133 Å². The van der Waals surface area contributed by atoms with Crippen molar-refractivity contribution in [2.24, 2.45) is 11.3 Å². The van der Waals surface area contributed by atoms with Crippen LogP contribution in [0.25, 0.3) is 0 Å². The fraction of sp³-hybridized carbons (Fsp3) is 0.789. The van der Waals surface area contributed by atoms with Crippen molar-refractivity contribution in [1.82, 2.24) is 0 Å². The molecule has 0 N–H and O–H groups in total. The van der Waals surface area contributed by atoms with Crippen molar-refractivity contribution in [3.8, 4) is 0 Å². The molecule has 1 fully saturated rings. The van der Waals surface area contributed by atoms with Gasteiger partial charge in [-0.25, -0.2) is 0 Å². The largest absolute Gasteiger partial charge is 0.495 e. The molecule has 0 saturated heterocycles. The minimum Gasteiger partial charge on any atom is -0.495 e. The van der Waals surface area contributed by atoms with E-state index in [2.05, 4.69) is 6.92 Å². The van der Waals surface area contributed by atoms with Gasteiger partial charge in [0.1, 0.15) is 11.6 Å². The van der Waals surface area contributed by atoms with Gasteiger partial charge in [0.25, 0.3) is 0 Å². The summed E-state index contributed by atoms with van der Waals surface area (Å²) in [7, 11) is 0. The number of rotatable bonds is 5. The first-order valence-electron chi connectivity index (χ1n) is 8.98. The molecule has 1 saturated carbocycles. The smallest absolute Gasteiger partial charge is 0.139 e. The highest BCUT2D eigenvalue weighted by atomic mass is 16.5.